The fourth-order valence-corrected chi connectivity index (χ4v) is 2.36. The number of ether oxygens (including phenoxy) is 1. The summed E-state index contributed by atoms with van der Waals surface area (Å²) in [6.07, 6.45) is 4.08. The molecule has 5 heteroatoms. The molecule has 0 aliphatic rings. The van der Waals surface area contributed by atoms with E-state index in [2.05, 4.69) is 17.2 Å². The fraction of sp³-hybridized carbons (Fsp3) is 0.556. The second-order valence-electron chi connectivity index (χ2n) is 6.50. The molecule has 0 aliphatic heterocycles. The molecule has 0 saturated carbocycles. The van der Waals surface area contributed by atoms with Crippen LogP contribution in [0.1, 0.15) is 58.4 Å². The lowest BCUT2D eigenvalue weighted by Crippen LogP contribution is -2.33. The van der Waals surface area contributed by atoms with E-state index in [0.29, 0.717) is 18.2 Å². The molecule has 0 fully saturated rings. The highest BCUT2D eigenvalue weighted by atomic mass is 16.6. The molecule has 0 bridgehead atoms. The molecule has 1 aromatic carbocycles. The van der Waals surface area contributed by atoms with E-state index < -0.39 is 5.60 Å². The Balaban J connectivity index is 2.58. The Hall–Kier alpha value is -2.13. The van der Waals surface area contributed by atoms with Gasteiger partial charge in [0.2, 0.25) is 6.08 Å². The minimum atomic E-state index is -0.484. The lowest BCUT2D eigenvalue weighted by Gasteiger charge is -2.21. The summed E-state index contributed by atoms with van der Waals surface area (Å²) in [7, 11) is 0. The van der Waals surface area contributed by atoms with Crippen LogP contribution in [0.3, 0.4) is 0 Å². The molecule has 5 nitrogen and oxygen atoms in total. The molecule has 23 heavy (non-hydrogen) atoms. The highest BCUT2D eigenvalue weighted by molar-refractivity contribution is 5.67. The predicted octanol–water partition coefficient (Wildman–Crippen LogP) is 4.45. The average molecular weight is 318 g/mol. The van der Waals surface area contributed by atoms with Gasteiger partial charge in [-0.2, -0.15) is 4.99 Å². The zero-order valence-electron chi connectivity index (χ0n) is 14.4. The second kappa shape index (κ2) is 9.11. The van der Waals surface area contributed by atoms with Gasteiger partial charge in [0.15, 0.2) is 0 Å². The first-order chi connectivity index (χ1) is 10.9. The molecule has 0 heterocycles. The minimum Gasteiger partial charge on any atom is -0.444 e. The number of alkyl carbamates (subject to hydrolysis) is 1. The quantitative estimate of drug-likeness (QED) is 0.596. The smallest absolute Gasteiger partial charge is 0.407 e. The summed E-state index contributed by atoms with van der Waals surface area (Å²) < 4.78 is 5.23. The van der Waals surface area contributed by atoms with Crippen LogP contribution in [-0.2, 0) is 9.53 Å². The van der Waals surface area contributed by atoms with Crippen LogP contribution in [0, 0.1) is 0 Å². The van der Waals surface area contributed by atoms with Crippen LogP contribution in [0.25, 0.3) is 0 Å². The molecule has 1 amide bonds. The Morgan fingerprint density at radius 1 is 1.26 bits per heavy atom. The van der Waals surface area contributed by atoms with Gasteiger partial charge in [0, 0.05) is 6.54 Å². The van der Waals surface area contributed by atoms with E-state index in [1.807, 2.05) is 45.0 Å². The van der Waals surface area contributed by atoms with E-state index in [-0.39, 0.29) is 6.09 Å². The molecule has 0 radical (unpaired) electrons. The van der Waals surface area contributed by atoms with Gasteiger partial charge in [-0.1, -0.05) is 25.5 Å². The lowest BCUT2D eigenvalue weighted by molar-refractivity contribution is 0.0526. The third-order valence-corrected chi connectivity index (χ3v) is 3.34. The molecule has 1 N–H and O–H groups in total. The molecule has 126 valence electrons. The van der Waals surface area contributed by atoms with Gasteiger partial charge >= 0.3 is 6.09 Å². The van der Waals surface area contributed by atoms with Gasteiger partial charge in [-0.3, -0.25) is 0 Å². The molecule has 0 aromatic heterocycles. The Morgan fingerprint density at radius 2 is 1.91 bits per heavy atom. The maximum Gasteiger partial charge on any atom is 0.407 e. The van der Waals surface area contributed by atoms with Gasteiger partial charge < -0.3 is 10.1 Å². The average Bonchev–Trinajstić information content (AvgIpc) is 2.46. The first-order valence-corrected chi connectivity index (χ1v) is 8.00. The van der Waals surface area contributed by atoms with Gasteiger partial charge in [0.05, 0.1) is 5.69 Å². The summed E-state index contributed by atoms with van der Waals surface area (Å²) in [5.74, 6) is 0.351. The molecule has 1 atom stereocenters. The number of carbonyl (C=O) groups excluding carboxylic acids is 2. The first-order valence-electron chi connectivity index (χ1n) is 8.00. The van der Waals surface area contributed by atoms with Gasteiger partial charge in [0.1, 0.15) is 5.60 Å². The topological polar surface area (TPSA) is 67.8 Å². The maximum absolute atomic E-state index is 11.7. The van der Waals surface area contributed by atoms with Crippen molar-refractivity contribution in [2.75, 3.05) is 6.54 Å². The highest BCUT2D eigenvalue weighted by Gasteiger charge is 2.16. The van der Waals surface area contributed by atoms with Crippen molar-refractivity contribution in [3.8, 4) is 0 Å². The number of benzene rings is 1. The summed E-state index contributed by atoms with van der Waals surface area (Å²) in [6, 6.07) is 7.57. The van der Waals surface area contributed by atoms with Gasteiger partial charge in [-0.15, -0.1) is 0 Å². The largest absolute Gasteiger partial charge is 0.444 e. The number of amides is 1. The van der Waals surface area contributed by atoms with Crippen LogP contribution < -0.4 is 5.32 Å². The Labute approximate surface area is 138 Å². The van der Waals surface area contributed by atoms with Crippen molar-refractivity contribution in [2.45, 2.75) is 58.5 Å². The monoisotopic (exact) mass is 318 g/mol. The van der Waals surface area contributed by atoms with Crippen LogP contribution in [0.15, 0.2) is 29.3 Å². The van der Waals surface area contributed by atoms with Crippen LogP contribution in [0.5, 0.6) is 0 Å². The van der Waals surface area contributed by atoms with Crippen molar-refractivity contribution in [3.63, 3.8) is 0 Å². The highest BCUT2D eigenvalue weighted by Crippen LogP contribution is 2.26. The molecule has 0 saturated heterocycles. The first kappa shape index (κ1) is 18.9. The van der Waals surface area contributed by atoms with Gasteiger partial charge in [0.25, 0.3) is 0 Å². The summed E-state index contributed by atoms with van der Waals surface area (Å²) in [5, 5.41) is 2.80. The standard InChI is InChI=1S/C18H26N2O3/c1-5-6-14(11-12-19-17(22)23-18(2,3)4)15-7-9-16(10-8-15)20-13-21/h7-10,14H,5-6,11-12H2,1-4H3,(H,19,22). The summed E-state index contributed by atoms with van der Waals surface area (Å²) in [4.78, 5) is 25.5. The van der Waals surface area contributed by atoms with Crippen LogP contribution in [-0.4, -0.2) is 24.3 Å². The number of nitrogens with one attached hydrogen (secondary N) is 1. The van der Waals surface area contributed by atoms with Crippen LogP contribution in [0.4, 0.5) is 10.5 Å². The van der Waals surface area contributed by atoms with Crippen molar-refractivity contribution >= 4 is 17.9 Å². The lowest BCUT2D eigenvalue weighted by atomic mass is 9.91. The molecule has 1 unspecified atom stereocenters. The predicted molar refractivity (Wildman–Crippen MR) is 90.7 cm³/mol. The number of aliphatic imine (C=N–C) groups is 1. The molecular formula is C18H26N2O3. The second-order valence-corrected chi connectivity index (χ2v) is 6.50. The molecule has 0 spiro atoms. The summed E-state index contributed by atoms with van der Waals surface area (Å²) >= 11 is 0. The Bertz CT molecular complexity index is 540. The summed E-state index contributed by atoms with van der Waals surface area (Å²) in [6.45, 7) is 8.23. The fourth-order valence-electron chi connectivity index (χ4n) is 2.36. The van der Waals surface area contributed by atoms with Crippen molar-refractivity contribution in [1.29, 1.82) is 0 Å². The molecule has 0 aliphatic carbocycles. The minimum absolute atomic E-state index is 0.351. The Kier molecular flexibility index (Phi) is 7.49. The van der Waals surface area contributed by atoms with Gasteiger partial charge in [-0.25, -0.2) is 9.59 Å². The number of hydrogen-bond donors (Lipinski definition) is 1. The van der Waals surface area contributed by atoms with Crippen molar-refractivity contribution in [1.82, 2.24) is 5.32 Å². The number of carbonyl (C=O) groups is 1. The van der Waals surface area contributed by atoms with Crippen molar-refractivity contribution in [3.05, 3.63) is 29.8 Å². The van der Waals surface area contributed by atoms with E-state index in [1.54, 1.807) is 0 Å². The Morgan fingerprint density at radius 3 is 2.43 bits per heavy atom. The van der Waals surface area contributed by atoms with E-state index in [4.69, 9.17) is 4.74 Å². The maximum atomic E-state index is 11.7. The molecule has 1 aromatic rings. The van der Waals surface area contributed by atoms with E-state index in [9.17, 15) is 9.59 Å². The molecular weight excluding hydrogens is 292 g/mol. The number of rotatable bonds is 7. The van der Waals surface area contributed by atoms with E-state index in [0.717, 1.165) is 19.3 Å². The third kappa shape index (κ3) is 7.61. The number of hydrogen-bond acceptors (Lipinski definition) is 4. The van der Waals surface area contributed by atoms with Crippen molar-refractivity contribution < 1.29 is 14.3 Å². The van der Waals surface area contributed by atoms with E-state index in [1.165, 1.54) is 11.6 Å². The SMILES string of the molecule is CCCC(CCNC(=O)OC(C)(C)C)c1ccc(N=C=O)cc1. The normalized spacial score (nSPS) is 12.2. The third-order valence-electron chi connectivity index (χ3n) is 3.34. The number of nitrogens with zero attached hydrogens (tertiary/aromatic N) is 1. The van der Waals surface area contributed by atoms with Crippen LogP contribution in [0.2, 0.25) is 0 Å². The summed E-state index contributed by atoms with van der Waals surface area (Å²) in [5.41, 5.74) is 1.30. The van der Waals surface area contributed by atoms with Crippen molar-refractivity contribution in [2.24, 2.45) is 4.99 Å². The van der Waals surface area contributed by atoms with E-state index >= 15 is 0 Å². The molecule has 1 rings (SSSR count). The zero-order chi connectivity index (χ0) is 17.3. The zero-order valence-corrected chi connectivity index (χ0v) is 14.4. The van der Waals surface area contributed by atoms with Crippen LogP contribution >= 0.6 is 0 Å². The van der Waals surface area contributed by atoms with Gasteiger partial charge in [-0.05, 0) is 57.2 Å². The number of isocyanates is 1.